The van der Waals surface area contributed by atoms with Crippen molar-refractivity contribution in [1.29, 1.82) is 0 Å². The van der Waals surface area contributed by atoms with Crippen LogP contribution in [0.5, 0.6) is 0 Å². The standard InChI is InChI=1S/C21H27N3O2.ClH/c1-16-14-24(9-10-26-16)15-19-4-2-3-18(11-19)13-23-21(25)20-7-5-17(12-22)6-8-20;/h2-8,11,16H,9-10,12-15,22H2,1H3,(H,23,25);1H. The summed E-state index contributed by atoms with van der Waals surface area (Å²) in [5.41, 5.74) is 9.63. The van der Waals surface area contributed by atoms with Gasteiger partial charge in [0.25, 0.3) is 5.91 Å². The van der Waals surface area contributed by atoms with Crippen molar-refractivity contribution in [2.45, 2.75) is 32.7 Å². The van der Waals surface area contributed by atoms with Gasteiger partial charge in [-0.3, -0.25) is 9.69 Å². The Labute approximate surface area is 167 Å². The molecule has 2 aromatic carbocycles. The highest BCUT2D eigenvalue weighted by molar-refractivity contribution is 5.94. The van der Waals surface area contributed by atoms with E-state index in [-0.39, 0.29) is 24.4 Å². The number of morpholine rings is 1. The second-order valence-electron chi connectivity index (χ2n) is 6.82. The number of amides is 1. The van der Waals surface area contributed by atoms with Gasteiger partial charge in [-0.2, -0.15) is 0 Å². The van der Waals surface area contributed by atoms with E-state index in [4.69, 9.17) is 10.5 Å². The molecule has 0 radical (unpaired) electrons. The highest BCUT2D eigenvalue weighted by atomic mass is 35.5. The van der Waals surface area contributed by atoms with Crippen molar-refractivity contribution in [3.05, 3.63) is 70.8 Å². The van der Waals surface area contributed by atoms with E-state index in [1.165, 1.54) is 5.56 Å². The fourth-order valence-corrected chi connectivity index (χ4v) is 3.21. The van der Waals surface area contributed by atoms with Gasteiger partial charge in [0.1, 0.15) is 0 Å². The zero-order chi connectivity index (χ0) is 18.4. The first-order valence-electron chi connectivity index (χ1n) is 9.13. The number of carbonyl (C=O) groups is 1. The Morgan fingerprint density at radius 1 is 1.19 bits per heavy atom. The minimum atomic E-state index is -0.0685. The maximum Gasteiger partial charge on any atom is 0.251 e. The first-order chi connectivity index (χ1) is 12.6. The van der Waals surface area contributed by atoms with Crippen molar-refractivity contribution < 1.29 is 9.53 Å². The Morgan fingerprint density at radius 3 is 2.63 bits per heavy atom. The van der Waals surface area contributed by atoms with Gasteiger partial charge in [0, 0.05) is 38.3 Å². The summed E-state index contributed by atoms with van der Waals surface area (Å²) in [6, 6.07) is 15.8. The van der Waals surface area contributed by atoms with Gasteiger partial charge in [0.05, 0.1) is 12.7 Å². The minimum absolute atomic E-state index is 0. The Balaban J connectivity index is 0.00000261. The summed E-state index contributed by atoms with van der Waals surface area (Å²) in [7, 11) is 0. The molecule has 1 heterocycles. The number of nitrogens with one attached hydrogen (secondary N) is 1. The molecular formula is C21H28ClN3O2. The lowest BCUT2D eigenvalue weighted by molar-refractivity contribution is -0.0212. The van der Waals surface area contributed by atoms with Crippen LogP contribution in [0, 0.1) is 0 Å². The number of benzene rings is 2. The highest BCUT2D eigenvalue weighted by Crippen LogP contribution is 2.12. The third kappa shape index (κ3) is 6.33. The molecule has 0 aromatic heterocycles. The average Bonchev–Trinajstić information content (AvgIpc) is 2.66. The first-order valence-corrected chi connectivity index (χ1v) is 9.13. The van der Waals surface area contributed by atoms with Crippen LogP contribution in [0.4, 0.5) is 0 Å². The predicted molar refractivity (Wildman–Crippen MR) is 110 cm³/mol. The van der Waals surface area contributed by atoms with Crippen LogP contribution >= 0.6 is 12.4 Å². The van der Waals surface area contributed by atoms with Crippen molar-refractivity contribution in [2.75, 3.05) is 19.7 Å². The molecule has 1 unspecified atom stereocenters. The summed E-state index contributed by atoms with van der Waals surface area (Å²) in [5.74, 6) is -0.0685. The summed E-state index contributed by atoms with van der Waals surface area (Å²) in [6.07, 6.45) is 0.289. The SMILES string of the molecule is CC1CN(Cc2cccc(CNC(=O)c3ccc(CN)cc3)c2)CCO1.Cl. The maximum atomic E-state index is 12.3. The highest BCUT2D eigenvalue weighted by Gasteiger charge is 2.16. The molecule has 0 bridgehead atoms. The van der Waals surface area contributed by atoms with Crippen LogP contribution < -0.4 is 11.1 Å². The summed E-state index contributed by atoms with van der Waals surface area (Å²) in [5, 5.41) is 2.99. The van der Waals surface area contributed by atoms with Crippen molar-refractivity contribution in [1.82, 2.24) is 10.2 Å². The van der Waals surface area contributed by atoms with E-state index in [1.807, 2.05) is 30.3 Å². The molecule has 0 aliphatic carbocycles. The summed E-state index contributed by atoms with van der Waals surface area (Å²) < 4.78 is 5.59. The van der Waals surface area contributed by atoms with Crippen molar-refractivity contribution in [3.63, 3.8) is 0 Å². The van der Waals surface area contributed by atoms with Gasteiger partial charge in [-0.15, -0.1) is 12.4 Å². The largest absolute Gasteiger partial charge is 0.376 e. The maximum absolute atomic E-state index is 12.3. The molecule has 5 nitrogen and oxygen atoms in total. The number of nitrogens with zero attached hydrogens (tertiary/aromatic N) is 1. The second kappa shape index (κ2) is 10.4. The molecule has 1 aliphatic rings. The van der Waals surface area contributed by atoms with Gasteiger partial charge >= 0.3 is 0 Å². The second-order valence-corrected chi connectivity index (χ2v) is 6.82. The summed E-state index contributed by atoms with van der Waals surface area (Å²) in [6.45, 7) is 6.74. The lowest BCUT2D eigenvalue weighted by atomic mass is 10.1. The molecule has 1 fully saturated rings. The molecule has 3 rings (SSSR count). The van der Waals surface area contributed by atoms with Gasteiger partial charge in [-0.1, -0.05) is 36.4 Å². The monoisotopic (exact) mass is 389 g/mol. The molecule has 1 aliphatic heterocycles. The Morgan fingerprint density at radius 2 is 1.93 bits per heavy atom. The van der Waals surface area contributed by atoms with E-state index in [0.29, 0.717) is 18.7 Å². The number of hydrogen-bond acceptors (Lipinski definition) is 4. The van der Waals surface area contributed by atoms with Gasteiger partial charge in [-0.25, -0.2) is 0 Å². The zero-order valence-corrected chi connectivity index (χ0v) is 16.5. The van der Waals surface area contributed by atoms with E-state index in [9.17, 15) is 4.79 Å². The molecule has 3 N–H and O–H groups in total. The summed E-state index contributed by atoms with van der Waals surface area (Å²) >= 11 is 0. The molecular weight excluding hydrogens is 362 g/mol. The third-order valence-electron chi connectivity index (χ3n) is 4.63. The summed E-state index contributed by atoms with van der Waals surface area (Å²) in [4.78, 5) is 14.7. The van der Waals surface area contributed by atoms with Crippen LogP contribution in [0.25, 0.3) is 0 Å². The van der Waals surface area contributed by atoms with E-state index < -0.39 is 0 Å². The van der Waals surface area contributed by atoms with Gasteiger partial charge in [0.2, 0.25) is 0 Å². The van der Waals surface area contributed by atoms with Crippen LogP contribution in [-0.4, -0.2) is 36.6 Å². The topological polar surface area (TPSA) is 67.6 Å². The number of halogens is 1. The molecule has 1 saturated heterocycles. The minimum Gasteiger partial charge on any atom is -0.376 e. The zero-order valence-electron chi connectivity index (χ0n) is 15.7. The lowest BCUT2D eigenvalue weighted by Gasteiger charge is -2.31. The third-order valence-corrected chi connectivity index (χ3v) is 4.63. The molecule has 6 heteroatoms. The van der Waals surface area contributed by atoms with Gasteiger partial charge in [-0.05, 0) is 35.7 Å². The van der Waals surface area contributed by atoms with Crippen LogP contribution in [0.2, 0.25) is 0 Å². The van der Waals surface area contributed by atoms with E-state index in [0.717, 1.165) is 37.4 Å². The van der Waals surface area contributed by atoms with Crippen LogP contribution in [0.15, 0.2) is 48.5 Å². The van der Waals surface area contributed by atoms with E-state index in [2.05, 4.69) is 35.3 Å². The molecule has 1 atom stereocenters. The average molecular weight is 390 g/mol. The quantitative estimate of drug-likeness (QED) is 0.797. The molecule has 2 aromatic rings. The molecule has 0 saturated carbocycles. The number of ether oxygens (including phenoxy) is 1. The Bertz CT molecular complexity index is 736. The first kappa shape index (κ1) is 21.4. The Kier molecular flexibility index (Phi) is 8.25. The van der Waals surface area contributed by atoms with Crippen LogP contribution in [-0.2, 0) is 24.4 Å². The molecule has 146 valence electrons. The Hall–Kier alpha value is -1.92. The van der Waals surface area contributed by atoms with Crippen molar-refractivity contribution in [3.8, 4) is 0 Å². The smallest absolute Gasteiger partial charge is 0.251 e. The number of rotatable bonds is 6. The van der Waals surface area contributed by atoms with Crippen LogP contribution in [0.1, 0.15) is 34.0 Å². The number of carbonyl (C=O) groups excluding carboxylic acids is 1. The lowest BCUT2D eigenvalue weighted by Crippen LogP contribution is -2.40. The predicted octanol–water partition coefficient (Wildman–Crippen LogP) is 2.72. The fraction of sp³-hybridized carbons (Fsp3) is 0.381. The number of nitrogens with two attached hydrogens (primary N) is 1. The van der Waals surface area contributed by atoms with Gasteiger partial charge < -0.3 is 15.8 Å². The van der Waals surface area contributed by atoms with E-state index in [1.54, 1.807) is 0 Å². The van der Waals surface area contributed by atoms with Gasteiger partial charge in [0.15, 0.2) is 0 Å². The van der Waals surface area contributed by atoms with E-state index >= 15 is 0 Å². The number of hydrogen-bond donors (Lipinski definition) is 2. The fourth-order valence-electron chi connectivity index (χ4n) is 3.21. The molecule has 1 amide bonds. The van der Waals surface area contributed by atoms with Crippen molar-refractivity contribution in [2.24, 2.45) is 5.73 Å². The normalized spacial score (nSPS) is 17.2. The molecule has 0 spiro atoms. The van der Waals surface area contributed by atoms with Crippen molar-refractivity contribution >= 4 is 18.3 Å². The molecule has 27 heavy (non-hydrogen) atoms. The van der Waals surface area contributed by atoms with Crippen LogP contribution in [0.3, 0.4) is 0 Å².